The smallest absolute Gasteiger partial charge is 0.320 e. The molecule has 0 aliphatic heterocycles. The Labute approximate surface area is 81.5 Å². The molecule has 14 heavy (non-hydrogen) atoms. The molecular formula is C9H13N3O2. The fourth-order valence-corrected chi connectivity index (χ4v) is 1.36. The maximum atomic E-state index is 10.5. The molecule has 1 aliphatic rings. The fraction of sp³-hybridized carbons (Fsp3) is 0.556. The molecule has 0 radical (unpaired) electrons. The number of hydrogen-bond acceptors (Lipinski definition) is 3. The van der Waals surface area contributed by atoms with Crippen LogP contribution in [0.25, 0.3) is 0 Å². The van der Waals surface area contributed by atoms with E-state index in [1.807, 2.05) is 10.9 Å². The number of carboxylic acids is 1. The first-order chi connectivity index (χ1) is 6.66. The summed E-state index contributed by atoms with van der Waals surface area (Å²) in [4.78, 5) is 10.5. The maximum absolute atomic E-state index is 10.5. The van der Waals surface area contributed by atoms with Gasteiger partial charge in [0, 0.05) is 12.6 Å². The van der Waals surface area contributed by atoms with E-state index in [9.17, 15) is 4.79 Å². The quantitative estimate of drug-likeness (QED) is 0.717. The molecule has 0 aromatic carbocycles. The van der Waals surface area contributed by atoms with Gasteiger partial charge in [0.05, 0.1) is 12.2 Å². The molecule has 5 nitrogen and oxygen atoms in total. The Morgan fingerprint density at radius 3 is 3.07 bits per heavy atom. The average Bonchev–Trinajstić information content (AvgIpc) is 2.88. The normalized spacial score (nSPS) is 18.1. The minimum Gasteiger partial charge on any atom is -0.480 e. The standard InChI is InChI=1S/C9H13N3O2/c10-8(9(13)14)3-6-4-11-12(5-6)7-1-2-7/h4-5,7-8H,1-3,10H2,(H,13,14). The summed E-state index contributed by atoms with van der Waals surface area (Å²) >= 11 is 0. The number of nitrogens with two attached hydrogens (primary N) is 1. The van der Waals surface area contributed by atoms with Crippen molar-refractivity contribution in [1.82, 2.24) is 9.78 Å². The first-order valence-electron chi connectivity index (χ1n) is 4.68. The second-order valence-corrected chi connectivity index (χ2v) is 3.71. The van der Waals surface area contributed by atoms with Crippen LogP contribution < -0.4 is 5.73 Å². The zero-order valence-corrected chi connectivity index (χ0v) is 7.76. The number of carbonyl (C=O) groups is 1. The third kappa shape index (κ3) is 1.93. The molecule has 0 bridgehead atoms. The Morgan fingerprint density at radius 2 is 2.50 bits per heavy atom. The van der Waals surface area contributed by atoms with Gasteiger partial charge in [0.2, 0.25) is 0 Å². The van der Waals surface area contributed by atoms with Crippen molar-refractivity contribution in [2.45, 2.75) is 31.3 Å². The van der Waals surface area contributed by atoms with E-state index < -0.39 is 12.0 Å². The third-order valence-electron chi connectivity index (χ3n) is 2.35. The highest BCUT2D eigenvalue weighted by atomic mass is 16.4. The summed E-state index contributed by atoms with van der Waals surface area (Å²) in [6, 6.07) is -0.295. The van der Waals surface area contributed by atoms with Crippen molar-refractivity contribution in [3.05, 3.63) is 18.0 Å². The third-order valence-corrected chi connectivity index (χ3v) is 2.35. The van der Waals surface area contributed by atoms with E-state index in [0.717, 1.165) is 5.56 Å². The molecule has 2 rings (SSSR count). The summed E-state index contributed by atoms with van der Waals surface area (Å²) in [7, 11) is 0. The molecule has 1 saturated carbocycles. The van der Waals surface area contributed by atoms with Gasteiger partial charge in [-0.25, -0.2) is 0 Å². The molecule has 1 fully saturated rings. The molecule has 1 atom stereocenters. The predicted molar refractivity (Wildman–Crippen MR) is 49.8 cm³/mol. The van der Waals surface area contributed by atoms with Crippen LogP contribution in [0.5, 0.6) is 0 Å². The van der Waals surface area contributed by atoms with Gasteiger partial charge in [-0.1, -0.05) is 0 Å². The van der Waals surface area contributed by atoms with Gasteiger partial charge in [-0.05, 0) is 18.4 Å². The van der Waals surface area contributed by atoms with E-state index in [1.165, 1.54) is 12.8 Å². The van der Waals surface area contributed by atoms with Crippen LogP contribution in [0.4, 0.5) is 0 Å². The van der Waals surface area contributed by atoms with Crippen molar-refractivity contribution in [2.75, 3.05) is 0 Å². The first-order valence-corrected chi connectivity index (χ1v) is 4.68. The Balaban J connectivity index is 1.98. The summed E-state index contributed by atoms with van der Waals surface area (Å²) in [5, 5.41) is 12.8. The zero-order chi connectivity index (χ0) is 10.1. The summed E-state index contributed by atoms with van der Waals surface area (Å²) in [6.45, 7) is 0. The van der Waals surface area contributed by atoms with Gasteiger partial charge in [-0.15, -0.1) is 0 Å². The molecule has 0 spiro atoms. The molecule has 76 valence electrons. The van der Waals surface area contributed by atoms with E-state index in [0.29, 0.717) is 12.5 Å². The van der Waals surface area contributed by atoms with Crippen LogP contribution in [0.1, 0.15) is 24.4 Å². The Bertz CT molecular complexity index is 344. The van der Waals surface area contributed by atoms with Crippen molar-refractivity contribution >= 4 is 5.97 Å². The van der Waals surface area contributed by atoms with Gasteiger partial charge < -0.3 is 10.8 Å². The number of carboxylic acid groups (broad SMARTS) is 1. The molecule has 1 aromatic heterocycles. The molecule has 3 N–H and O–H groups in total. The summed E-state index contributed by atoms with van der Waals surface area (Å²) in [6.07, 6.45) is 6.28. The molecule has 1 heterocycles. The van der Waals surface area contributed by atoms with Gasteiger partial charge in [0.1, 0.15) is 6.04 Å². The second-order valence-electron chi connectivity index (χ2n) is 3.71. The number of hydrogen-bond donors (Lipinski definition) is 2. The summed E-state index contributed by atoms with van der Waals surface area (Å²) < 4.78 is 1.89. The number of aliphatic carboxylic acids is 1. The highest BCUT2D eigenvalue weighted by Crippen LogP contribution is 2.34. The molecular weight excluding hydrogens is 182 g/mol. The molecule has 1 aromatic rings. The van der Waals surface area contributed by atoms with E-state index in [4.69, 9.17) is 10.8 Å². The van der Waals surface area contributed by atoms with Crippen molar-refractivity contribution < 1.29 is 9.90 Å². The molecule has 1 aliphatic carbocycles. The summed E-state index contributed by atoms with van der Waals surface area (Å²) in [5.74, 6) is -0.968. The van der Waals surface area contributed by atoms with E-state index >= 15 is 0 Å². The van der Waals surface area contributed by atoms with Crippen molar-refractivity contribution in [2.24, 2.45) is 5.73 Å². The lowest BCUT2D eigenvalue weighted by Gasteiger charge is -2.02. The Hall–Kier alpha value is -1.36. The maximum Gasteiger partial charge on any atom is 0.320 e. The highest BCUT2D eigenvalue weighted by Gasteiger charge is 2.24. The molecule has 5 heteroatoms. The Kier molecular flexibility index (Phi) is 2.25. The van der Waals surface area contributed by atoms with Crippen LogP contribution in [-0.2, 0) is 11.2 Å². The lowest BCUT2D eigenvalue weighted by atomic mass is 10.1. The number of nitrogens with zero attached hydrogens (tertiary/aromatic N) is 2. The van der Waals surface area contributed by atoms with E-state index in [-0.39, 0.29) is 0 Å². The molecule has 0 amide bonds. The van der Waals surface area contributed by atoms with E-state index in [2.05, 4.69) is 5.10 Å². The van der Waals surface area contributed by atoms with E-state index in [1.54, 1.807) is 6.20 Å². The SMILES string of the molecule is NC(Cc1cnn(C2CC2)c1)C(=O)O. The average molecular weight is 195 g/mol. The highest BCUT2D eigenvalue weighted by molar-refractivity contribution is 5.73. The van der Waals surface area contributed by atoms with Gasteiger partial charge in [-0.2, -0.15) is 5.10 Å². The van der Waals surface area contributed by atoms with Crippen LogP contribution in [-0.4, -0.2) is 26.9 Å². The molecule has 0 saturated heterocycles. The lowest BCUT2D eigenvalue weighted by molar-refractivity contribution is -0.138. The van der Waals surface area contributed by atoms with Gasteiger partial charge in [0.25, 0.3) is 0 Å². The van der Waals surface area contributed by atoms with Crippen molar-refractivity contribution in [3.8, 4) is 0 Å². The largest absolute Gasteiger partial charge is 0.480 e. The molecule has 1 unspecified atom stereocenters. The minimum atomic E-state index is -0.968. The summed E-state index contributed by atoms with van der Waals surface area (Å²) in [5.41, 5.74) is 6.31. The Morgan fingerprint density at radius 1 is 1.79 bits per heavy atom. The van der Waals surface area contributed by atoms with Crippen LogP contribution >= 0.6 is 0 Å². The van der Waals surface area contributed by atoms with Crippen LogP contribution in [0, 0.1) is 0 Å². The fourth-order valence-electron chi connectivity index (χ4n) is 1.36. The van der Waals surface area contributed by atoms with Crippen molar-refractivity contribution in [1.29, 1.82) is 0 Å². The second kappa shape index (κ2) is 3.42. The first kappa shape index (κ1) is 9.21. The number of rotatable bonds is 4. The lowest BCUT2D eigenvalue weighted by Crippen LogP contribution is -2.32. The monoisotopic (exact) mass is 195 g/mol. The van der Waals surface area contributed by atoms with Gasteiger partial charge in [0.15, 0.2) is 0 Å². The topological polar surface area (TPSA) is 81.1 Å². The number of aromatic nitrogens is 2. The van der Waals surface area contributed by atoms with Crippen LogP contribution in [0.3, 0.4) is 0 Å². The zero-order valence-electron chi connectivity index (χ0n) is 7.76. The van der Waals surface area contributed by atoms with Crippen molar-refractivity contribution in [3.63, 3.8) is 0 Å². The minimum absolute atomic E-state index is 0.349. The van der Waals surface area contributed by atoms with Crippen LogP contribution in [0.2, 0.25) is 0 Å². The van der Waals surface area contributed by atoms with Crippen LogP contribution in [0.15, 0.2) is 12.4 Å². The van der Waals surface area contributed by atoms with Gasteiger partial charge >= 0.3 is 5.97 Å². The predicted octanol–water partition coefficient (Wildman–Crippen LogP) is 0.172. The van der Waals surface area contributed by atoms with Gasteiger partial charge in [-0.3, -0.25) is 9.48 Å².